The smallest absolute Gasteiger partial charge is 0.325 e. The van der Waals surface area contributed by atoms with Crippen molar-refractivity contribution in [2.24, 2.45) is 19.5 Å². The van der Waals surface area contributed by atoms with Gasteiger partial charge < -0.3 is 5.32 Å². The Labute approximate surface area is 157 Å². The van der Waals surface area contributed by atoms with E-state index in [9.17, 15) is 9.59 Å². The Hall–Kier alpha value is -2.47. The lowest BCUT2D eigenvalue weighted by atomic mass is 9.95. The zero-order valence-electron chi connectivity index (χ0n) is 15.7. The number of imidazole rings is 1. The van der Waals surface area contributed by atoms with Gasteiger partial charge >= 0.3 is 5.69 Å². The van der Waals surface area contributed by atoms with Gasteiger partial charge in [-0.05, 0) is 24.3 Å². The first-order valence-corrected chi connectivity index (χ1v) is 9.24. The van der Waals surface area contributed by atoms with E-state index in [1.165, 1.54) is 0 Å². The highest BCUT2D eigenvalue weighted by atomic mass is 32.2. The fraction of sp³-hybridized carbons (Fsp3) is 0.300. The topological polar surface area (TPSA) is 56.0 Å². The van der Waals surface area contributed by atoms with Crippen molar-refractivity contribution in [1.29, 1.82) is 0 Å². The van der Waals surface area contributed by atoms with Crippen LogP contribution in [0.5, 0.6) is 0 Å². The van der Waals surface area contributed by atoms with Gasteiger partial charge in [-0.2, -0.15) is 0 Å². The van der Waals surface area contributed by atoms with Crippen molar-refractivity contribution < 1.29 is 4.79 Å². The predicted octanol–water partition coefficient (Wildman–Crippen LogP) is 4.01. The van der Waals surface area contributed by atoms with Crippen LogP contribution in [0.25, 0.3) is 11.0 Å². The van der Waals surface area contributed by atoms with Crippen LogP contribution >= 0.6 is 11.8 Å². The summed E-state index contributed by atoms with van der Waals surface area (Å²) in [6, 6.07) is 13.8. The molecule has 3 aromatic rings. The van der Waals surface area contributed by atoms with Gasteiger partial charge in [0.25, 0.3) is 0 Å². The van der Waals surface area contributed by atoms with Gasteiger partial charge in [-0.1, -0.05) is 50.7 Å². The SMILES string of the molecule is Cn1c(=O)n(C)c2cc(Sc3ccccc3)c(NC(=O)C(C)(C)C)cc21. The lowest BCUT2D eigenvalue weighted by Crippen LogP contribution is -2.27. The minimum Gasteiger partial charge on any atom is -0.325 e. The molecule has 1 amide bonds. The van der Waals surface area contributed by atoms with Crippen LogP contribution in [0.4, 0.5) is 5.69 Å². The molecule has 0 radical (unpaired) electrons. The molecule has 5 nitrogen and oxygen atoms in total. The highest BCUT2D eigenvalue weighted by Gasteiger charge is 2.23. The van der Waals surface area contributed by atoms with Gasteiger partial charge in [0, 0.05) is 29.3 Å². The fourth-order valence-corrected chi connectivity index (χ4v) is 3.57. The van der Waals surface area contributed by atoms with Crippen molar-refractivity contribution in [1.82, 2.24) is 9.13 Å². The molecule has 0 bridgehead atoms. The summed E-state index contributed by atoms with van der Waals surface area (Å²) in [5.41, 5.74) is 1.75. The van der Waals surface area contributed by atoms with Gasteiger partial charge in [-0.25, -0.2) is 4.79 Å². The Kier molecular flexibility index (Phi) is 4.71. The van der Waals surface area contributed by atoms with E-state index in [1.54, 1.807) is 35.0 Å². The van der Waals surface area contributed by atoms with Crippen molar-refractivity contribution in [3.05, 3.63) is 52.9 Å². The largest absolute Gasteiger partial charge is 0.328 e. The Morgan fingerprint density at radius 3 is 2.15 bits per heavy atom. The van der Waals surface area contributed by atoms with E-state index in [0.717, 1.165) is 20.8 Å². The quantitative estimate of drug-likeness (QED) is 0.759. The number of anilines is 1. The van der Waals surface area contributed by atoms with Crippen molar-refractivity contribution in [3.8, 4) is 0 Å². The normalized spacial score (nSPS) is 11.7. The maximum Gasteiger partial charge on any atom is 0.328 e. The van der Waals surface area contributed by atoms with Crippen LogP contribution in [0.1, 0.15) is 20.8 Å². The highest BCUT2D eigenvalue weighted by molar-refractivity contribution is 7.99. The lowest BCUT2D eigenvalue weighted by Gasteiger charge is -2.19. The van der Waals surface area contributed by atoms with Gasteiger partial charge in [0.1, 0.15) is 0 Å². The summed E-state index contributed by atoms with van der Waals surface area (Å²) in [4.78, 5) is 26.8. The number of rotatable bonds is 3. The van der Waals surface area contributed by atoms with Gasteiger partial charge in [-0.15, -0.1) is 0 Å². The number of hydrogen-bond donors (Lipinski definition) is 1. The number of hydrogen-bond acceptors (Lipinski definition) is 3. The molecule has 6 heteroatoms. The van der Waals surface area contributed by atoms with E-state index in [1.807, 2.05) is 63.2 Å². The summed E-state index contributed by atoms with van der Waals surface area (Å²) < 4.78 is 3.22. The number of carbonyl (C=O) groups excluding carboxylic acids is 1. The lowest BCUT2D eigenvalue weighted by molar-refractivity contribution is -0.123. The molecule has 0 spiro atoms. The van der Waals surface area contributed by atoms with E-state index in [2.05, 4.69) is 5.32 Å². The summed E-state index contributed by atoms with van der Waals surface area (Å²) in [6.07, 6.45) is 0. The first-order chi connectivity index (χ1) is 12.2. The minimum atomic E-state index is -0.508. The molecule has 1 aromatic heterocycles. The van der Waals surface area contributed by atoms with E-state index < -0.39 is 5.41 Å². The first kappa shape index (κ1) is 18.3. The number of amides is 1. The zero-order chi connectivity index (χ0) is 19.1. The van der Waals surface area contributed by atoms with Crippen molar-refractivity contribution in [2.45, 2.75) is 30.6 Å². The monoisotopic (exact) mass is 369 g/mol. The van der Waals surface area contributed by atoms with Crippen LogP contribution in [0, 0.1) is 5.41 Å². The second kappa shape index (κ2) is 6.68. The summed E-state index contributed by atoms with van der Waals surface area (Å²) in [5, 5.41) is 3.03. The number of nitrogens with one attached hydrogen (secondary N) is 1. The fourth-order valence-electron chi connectivity index (χ4n) is 2.63. The molecular formula is C20H23N3O2S. The molecule has 1 heterocycles. The molecule has 136 valence electrons. The molecule has 3 rings (SSSR count). The summed E-state index contributed by atoms with van der Waals surface area (Å²) in [5.74, 6) is -0.0623. The van der Waals surface area contributed by atoms with Gasteiger partial charge in [0.2, 0.25) is 5.91 Å². The molecule has 0 atom stereocenters. The van der Waals surface area contributed by atoms with E-state index in [-0.39, 0.29) is 11.6 Å². The Bertz CT molecular complexity index is 1030. The van der Waals surface area contributed by atoms with Crippen molar-refractivity contribution >= 4 is 34.4 Å². The van der Waals surface area contributed by atoms with Gasteiger partial charge in [-0.3, -0.25) is 13.9 Å². The van der Waals surface area contributed by atoms with Crippen LogP contribution in [0.3, 0.4) is 0 Å². The molecular weight excluding hydrogens is 346 g/mol. The molecule has 0 saturated heterocycles. The van der Waals surface area contributed by atoms with Crippen LogP contribution in [-0.4, -0.2) is 15.0 Å². The Morgan fingerprint density at radius 1 is 1.00 bits per heavy atom. The number of benzene rings is 2. The summed E-state index contributed by atoms with van der Waals surface area (Å²) >= 11 is 1.57. The Morgan fingerprint density at radius 2 is 1.58 bits per heavy atom. The average Bonchev–Trinajstić information content (AvgIpc) is 2.79. The second-order valence-corrected chi connectivity index (χ2v) is 8.47. The average molecular weight is 369 g/mol. The standard InChI is InChI=1S/C20H23N3O2S/c1-20(2,3)18(24)21-14-11-15-16(23(5)19(25)22(15)4)12-17(14)26-13-9-7-6-8-10-13/h6-12H,1-5H3,(H,21,24). The number of aryl methyl sites for hydroxylation is 2. The van der Waals surface area contributed by atoms with Gasteiger partial charge in [0.15, 0.2) is 0 Å². The number of carbonyl (C=O) groups is 1. The Balaban J connectivity index is 2.15. The molecule has 26 heavy (non-hydrogen) atoms. The van der Waals surface area contributed by atoms with Crippen LogP contribution in [-0.2, 0) is 18.9 Å². The predicted molar refractivity (Wildman–Crippen MR) is 107 cm³/mol. The van der Waals surface area contributed by atoms with E-state index >= 15 is 0 Å². The number of nitrogens with zero attached hydrogens (tertiary/aromatic N) is 2. The minimum absolute atomic E-state index is 0.0623. The second-order valence-electron chi connectivity index (χ2n) is 7.36. The molecule has 0 unspecified atom stereocenters. The summed E-state index contributed by atoms with van der Waals surface area (Å²) in [6.45, 7) is 5.63. The maximum absolute atomic E-state index is 12.5. The van der Waals surface area contributed by atoms with E-state index in [4.69, 9.17) is 0 Å². The number of fused-ring (bicyclic) bond motifs is 1. The summed E-state index contributed by atoms with van der Waals surface area (Å²) in [7, 11) is 3.50. The molecule has 0 fully saturated rings. The van der Waals surface area contributed by atoms with Crippen LogP contribution in [0.2, 0.25) is 0 Å². The van der Waals surface area contributed by atoms with Crippen molar-refractivity contribution in [3.63, 3.8) is 0 Å². The van der Waals surface area contributed by atoms with Crippen molar-refractivity contribution in [2.75, 3.05) is 5.32 Å². The molecule has 0 aliphatic carbocycles. The highest BCUT2D eigenvalue weighted by Crippen LogP contribution is 2.36. The van der Waals surface area contributed by atoms with Gasteiger partial charge in [0.05, 0.1) is 16.7 Å². The molecule has 1 N–H and O–H groups in total. The zero-order valence-corrected chi connectivity index (χ0v) is 16.5. The molecule has 0 aliphatic rings. The maximum atomic E-state index is 12.5. The van der Waals surface area contributed by atoms with E-state index in [0.29, 0.717) is 5.69 Å². The first-order valence-electron chi connectivity index (χ1n) is 8.42. The molecule has 0 aliphatic heterocycles. The van der Waals surface area contributed by atoms with Crippen LogP contribution < -0.4 is 11.0 Å². The molecule has 0 saturated carbocycles. The molecule has 2 aromatic carbocycles. The number of aromatic nitrogens is 2. The van der Waals surface area contributed by atoms with Crippen LogP contribution in [0.15, 0.2) is 57.1 Å². The third kappa shape index (κ3) is 3.42. The third-order valence-corrected chi connectivity index (χ3v) is 5.34. The third-order valence-electron chi connectivity index (χ3n) is 4.27.